The van der Waals surface area contributed by atoms with Gasteiger partial charge in [-0.1, -0.05) is 12.8 Å². The number of carbonyl (C=O) groups is 2. The third kappa shape index (κ3) is 7.49. The Hall–Kier alpha value is -4.15. The molecule has 0 bridgehead atoms. The van der Waals surface area contributed by atoms with E-state index >= 15 is 0 Å². The molecule has 2 heterocycles. The summed E-state index contributed by atoms with van der Waals surface area (Å²) < 4.78 is 48.5. The molecule has 3 aromatic rings. The molecule has 0 aliphatic heterocycles. The van der Waals surface area contributed by atoms with E-state index in [9.17, 15) is 22.8 Å². The molecule has 0 atom stereocenters. The number of hydrogen-bond donors (Lipinski definition) is 3. The minimum atomic E-state index is -4.74. The second-order valence-corrected chi connectivity index (χ2v) is 9.79. The summed E-state index contributed by atoms with van der Waals surface area (Å²) in [5.41, 5.74) is 5.59. The van der Waals surface area contributed by atoms with Crippen LogP contribution in [0.5, 0.6) is 0 Å². The molecule has 0 fully saturated rings. The molecule has 2 amide bonds. The molecule has 0 spiro atoms. The lowest BCUT2D eigenvalue weighted by atomic mass is 10.0. The van der Waals surface area contributed by atoms with Gasteiger partial charge in [0.1, 0.15) is 6.54 Å². The molecular formula is C27H32F3N7O3. The molecule has 1 aromatic carbocycles. The molecule has 0 unspecified atom stereocenters. The zero-order valence-electron chi connectivity index (χ0n) is 22.7. The highest BCUT2D eigenvalue weighted by atomic mass is 19.4. The average Bonchev–Trinajstić information content (AvgIpc) is 3.46. The quantitative estimate of drug-likeness (QED) is 0.244. The molecule has 3 rings (SSSR count). The molecule has 40 heavy (non-hydrogen) atoms. The molecule has 0 saturated carbocycles. The number of imidazole rings is 1. The van der Waals surface area contributed by atoms with Gasteiger partial charge >= 0.3 is 6.18 Å². The van der Waals surface area contributed by atoms with Gasteiger partial charge in [0, 0.05) is 36.6 Å². The fraction of sp³-hybridized carbons (Fsp3) is 0.407. The highest BCUT2D eigenvalue weighted by Crippen LogP contribution is 2.36. The number of terminal acetylenes is 1. The summed E-state index contributed by atoms with van der Waals surface area (Å²) in [7, 11) is 1.43. The summed E-state index contributed by atoms with van der Waals surface area (Å²) in [6.45, 7) is 6.36. The number of aryl methyl sites for hydroxylation is 1. The first-order valence-corrected chi connectivity index (χ1v) is 12.4. The molecule has 0 saturated heterocycles. The van der Waals surface area contributed by atoms with E-state index in [1.54, 1.807) is 18.2 Å². The Bertz CT molecular complexity index is 1410. The number of nitrogens with one attached hydrogen (secondary N) is 2. The summed E-state index contributed by atoms with van der Waals surface area (Å²) in [5.74, 6) is 1.20. The number of benzene rings is 1. The second-order valence-electron chi connectivity index (χ2n) is 9.79. The van der Waals surface area contributed by atoms with Crippen LogP contribution in [0.2, 0.25) is 0 Å². The smallest absolute Gasteiger partial charge is 0.378 e. The minimum absolute atomic E-state index is 0.0426. The van der Waals surface area contributed by atoms with Gasteiger partial charge in [-0.25, -0.2) is 4.98 Å². The van der Waals surface area contributed by atoms with Gasteiger partial charge in [-0.15, -0.1) is 6.42 Å². The highest BCUT2D eigenvalue weighted by molar-refractivity contribution is 6.03. The number of alkyl halides is 3. The van der Waals surface area contributed by atoms with Crippen molar-refractivity contribution in [3.63, 3.8) is 0 Å². The van der Waals surface area contributed by atoms with Crippen LogP contribution in [0.1, 0.15) is 53.0 Å². The van der Waals surface area contributed by atoms with Crippen molar-refractivity contribution in [3.05, 3.63) is 53.2 Å². The number of aromatic nitrogens is 4. The SMILES string of the molecule is C#CCn1cc(-c2cnc(C(=O)Nc3ccc(C(=O)NCCOCC(C)(C)N)c(CC)c3)n2C)c(C(F)(F)F)n1. The van der Waals surface area contributed by atoms with Crippen LogP contribution in [0.25, 0.3) is 11.3 Å². The molecule has 0 aliphatic rings. The Morgan fingerprint density at radius 1 is 1.23 bits per heavy atom. The molecule has 13 heteroatoms. The summed E-state index contributed by atoms with van der Waals surface area (Å²) in [4.78, 5) is 29.7. The van der Waals surface area contributed by atoms with E-state index < -0.39 is 23.3 Å². The van der Waals surface area contributed by atoms with Crippen molar-refractivity contribution in [3.8, 4) is 23.6 Å². The predicted molar refractivity (Wildman–Crippen MR) is 143 cm³/mol. The maximum absolute atomic E-state index is 13.6. The van der Waals surface area contributed by atoms with Gasteiger partial charge in [-0.2, -0.15) is 18.3 Å². The number of anilines is 1. The molecule has 214 valence electrons. The van der Waals surface area contributed by atoms with Gasteiger partial charge in [0.05, 0.1) is 30.7 Å². The van der Waals surface area contributed by atoms with Crippen LogP contribution in [0.3, 0.4) is 0 Å². The number of rotatable bonds is 11. The van der Waals surface area contributed by atoms with Gasteiger partial charge in [0.15, 0.2) is 11.5 Å². The lowest BCUT2D eigenvalue weighted by Gasteiger charge is -2.18. The fourth-order valence-corrected chi connectivity index (χ4v) is 3.90. The zero-order chi connectivity index (χ0) is 29.7. The average molecular weight is 560 g/mol. The second kappa shape index (κ2) is 12.4. The Kier molecular flexibility index (Phi) is 9.39. The molecule has 0 aliphatic carbocycles. The van der Waals surface area contributed by atoms with Crippen LogP contribution in [0.4, 0.5) is 18.9 Å². The number of hydrogen-bond acceptors (Lipinski definition) is 6. The molecule has 0 radical (unpaired) electrons. The molecule has 4 N–H and O–H groups in total. The number of carbonyl (C=O) groups excluding carboxylic acids is 2. The topological polar surface area (TPSA) is 129 Å². The first-order valence-electron chi connectivity index (χ1n) is 12.4. The van der Waals surface area contributed by atoms with Crippen LogP contribution in [-0.2, 0) is 30.9 Å². The highest BCUT2D eigenvalue weighted by Gasteiger charge is 2.38. The van der Waals surface area contributed by atoms with E-state index in [1.165, 1.54) is 24.0 Å². The number of halogens is 3. The van der Waals surface area contributed by atoms with Gasteiger partial charge in [-0.05, 0) is 44.0 Å². The van der Waals surface area contributed by atoms with E-state index in [-0.39, 0.29) is 29.5 Å². The van der Waals surface area contributed by atoms with Gasteiger partial charge in [0.2, 0.25) is 0 Å². The van der Waals surface area contributed by atoms with Gasteiger partial charge in [0.25, 0.3) is 11.8 Å². The molecular weight excluding hydrogens is 527 g/mol. The minimum Gasteiger partial charge on any atom is -0.378 e. The van der Waals surface area contributed by atoms with Gasteiger partial charge < -0.3 is 25.7 Å². The zero-order valence-corrected chi connectivity index (χ0v) is 22.7. The Morgan fingerprint density at radius 3 is 2.58 bits per heavy atom. The van der Waals surface area contributed by atoms with Crippen LogP contribution >= 0.6 is 0 Å². The summed E-state index contributed by atoms with van der Waals surface area (Å²) in [6.07, 6.45) is 3.33. The maximum atomic E-state index is 13.6. The van der Waals surface area contributed by atoms with Crippen LogP contribution in [-0.4, -0.2) is 56.4 Å². The van der Waals surface area contributed by atoms with Crippen LogP contribution in [0.15, 0.2) is 30.6 Å². The van der Waals surface area contributed by atoms with Crippen molar-refractivity contribution in [1.82, 2.24) is 24.6 Å². The van der Waals surface area contributed by atoms with Crippen molar-refractivity contribution >= 4 is 17.5 Å². The van der Waals surface area contributed by atoms with Crippen molar-refractivity contribution in [2.75, 3.05) is 25.1 Å². The lowest BCUT2D eigenvalue weighted by molar-refractivity contribution is -0.141. The van der Waals surface area contributed by atoms with Crippen LogP contribution < -0.4 is 16.4 Å². The van der Waals surface area contributed by atoms with Crippen molar-refractivity contribution in [2.24, 2.45) is 12.8 Å². The standard InChI is InChI=1S/C27H32F3N7O3/c1-6-11-37-15-20(22(35-37)27(28,29)30)21-14-33-23(36(21)5)25(39)34-18-8-9-19(17(7-2)13-18)24(38)32-10-12-40-16-26(3,4)31/h1,8-9,13-15H,7,10-12,16,31H2,2-5H3,(H,32,38)(H,34,39). The monoisotopic (exact) mass is 559 g/mol. The molecule has 10 nitrogen and oxygen atoms in total. The third-order valence-corrected chi connectivity index (χ3v) is 5.75. The number of nitrogens with two attached hydrogens (primary N) is 1. The van der Waals surface area contributed by atoms with E-state index in [4.69, 9.17) is 16.9 Å². The predicted octanol–water partition coefficient (Wildman–Crippen LogP) is 3.23. The number of ether oxygens (including phenoxy) is 1. The normalized spacial score (nSPS) is 11.8. The maximum Gasteiger partial charge on any atom is 0.435 e. The first kappa shape index (κ1) is 30.4. The first-order chi connectivity index (χ1) is 18.7. The lowest BCUT2D eigenvalue weighted by Crippen LogP contribution is -2.38. The summed E-state index contributed by atoms with van der Waals surface area (Å²) in [6, 6.07) is 4.82. The number of nitrogens with zero attached hydrogens (tertiary/aromatic N) is 4. The van der Waals surface area contributed by atoms with E-state index in [0.717, 1.165) is 4.68 Å². The van der Waals surface area contributed by atoms with Crippen molar-refractivity contribution < 1.29 is 27.5 Å². The van der Waals surface area contributed by atoms with E-state index in [1.807, 2.05) is 20.8 Å². The largest absolute Gasteiger partial charge is 0.435 e. The third-order valence-electron chi connectivity index (χ3n) is 5.75. The Balaban J connectivity index is 1.74. The molecule has 2 aromatic heterocycles. The summed E-state index contributed by atoms with van der Waals surface area (Å²) in [5, 5.41) is 9.04. The number of amides is 2. The fourth-order valence-electron chi connectivity index (χ4n) is 3.90. The van der Waals surface area contributed by atoms with Crippen molar-refractivity contribution in [1.29, 1.82) is 0 Å². The van der Waals surface area contributed by atoms with E-state index in [0.29, 0.717) is 43.0 Å². The van der Waals surface area contributed by atoms with Crippen LogP contribution in [0, 0.1) is 12.3 Å². The summed E-state index contributed by atoms with van der Waals surface area (Å²) >= 11 is 0. The van der Waals surface area contributed by atoms with E-state index in [2.05, 4.69) is 26.6 Å². The Labute approximate surface area is 230 Å². The van der Waals surface area contributed by atoms with Gasteiger partial charge in [-0.3, -0.25) is 14.3 Å². The van der Waals surface area contributed by atoms with Crippen molar-refractivity contribution in [2.45, 2.75) is 45.5 Å². The Morgan fingerprint density at radius 2 is 1.95 bits per heavy atom.